The van der Waals surface area contributed by atoms with Gasteiger partial charge < -0.3 is 10.5 Å². The summed E-state index contributed by atoms with van der Waals surface area (Å²) in [6, 6.07) is 10.00. The summed E-state index contributed by atoms with van der Waals surface area (Å²) in [6.07, 6.45) is 2.36. The van der Waals surface area contributed by atoms with E-state index >= 15 is 0 Å². The number of nitrogens with two attached hydrogens (primary N) is 1. The first-order valence-electron chi connectivity index (χ1n) is 8.34. The lowest BCUT2D eigenvalue weighted by atomic mass is 9.94. The average molecular weight is 328 g/mol. The number of aromatic amines is 1. The van der Waals surface area contributed by atoms with Crippen molar-refractivity contribution in [1.29, 1.82) is 0 Å². The third-order valence-electron chi connectivity index (χ3n) is 4.34. The van der Waals surface area contributed by atoms with Gasteiger partial charge in [0, 0.05) is 24.7 Å². The van der Waals surface area contributed by atoms with E-state index in [4.69, 9.17) is 10.5 Å². The molecule has 1 saturated heterocycles. The maximum Gasteiger partial charge on any atom is 0.255 e. The van der Waals surface area contributed by atoms with Crippen molar-refractivity contribution in [3.63, 3.8) is 0 Å². The van der Waals surface area contributed by atoms with Crippen molar-refractivity contribution in [2.45, 2.75) is 32.2 Å². The number of carbonyl (C=O) groups is 1. The molecule has 1 aliphatic heterocycles. The summed E-state index contributed by atoms with van der Waals surface area (Å²) in [5.74, 6) is 0.703. The predicted octanol–water partition coefficient (Wildman–Crippen LogP) is 1.96. The van der Waals surface area contributed by atoms with Gasteiger partial charge in [-0.05, 0) is 50.1 Å². The van der Waals surface area contributed by atoms with Crippen LogP contribution in [0, 0.1) is 6.92 Å². The van der Waals surface area contributed by atoms with Gasteiger partial charge in [0.25, 0.3) is 5.91 Å². The van der Waals surface area contributed by atoms with Gasteiger partial charge in [0.05, 0.1) is 5.69 Å². The zero-order valence-corrected chi connectivity index (χ0v) is 14.0. The van der Waals surface area contributed by atoms with Gasteiger partial charge in [0.15, 0.2) is 6.61 Å². The van der Waals surface area contributed by atoms with Crippen molar-refractivity contribution >= 4 is 5.91 Å². The molecule has 24 heavy (non-hydrogen) atoms. The number of nitrogens with zero attached hydrogens (tertiary/aromatic N) is 2. The van der Waals surface area contributed by atoms with Crippen LogP contribution in [-0.2, 0) is 11.3 Å². The summed E-state index contributed by atoms with van der Waals surface area (Å²) in [5.41, 5.74) is 8.57. The van der Waals surface area contributed by atoms with Gasteiger partial charge >= 0.3 is 0 Å². The van der Waals surface area contributed by atoms with E-state index in [1.807, 2.05) is 25.1 Å². The molecule has 6 nitrogen and oxygen atoms in total. The number of aromatic nitrogens is 2. The number of aryl methyl sites for hydroxylation is 1. The van der Waals surface area contributed by atoms with Gasteiger partial charge in [-0.25, -0.2) is 0 Å². The third kappa shape index (κ3) is 4.35. The molecule has 1 aromatic heterocycles. The lowest BCUT2D eigenvalue weighted by molar-refractivity contribution is -0.119. The molecule has 1 aliphatic rings. The summed E-state index contributed by atoms with van der Waals surface area (Å²) in [5, 5.41) is 7.46. The number of ether oxygens (including phenoxy) is 1. The van der Waals surface area contributed by atoms with Crippen molar-refractivity contribution in [3.05, 3.63) is 47.3 Å². The number of carbonyl (C=O) groups excluding carboxylic acids is 1. The van der Waals surface area contributed by atoms with E-state index in [0.29, 0.717) is 11.7 Å². The van der Waals surface area contributed by atoms with Crippen LogP contribution in [-0.4, -0.2) is 40.7 Å². The summed E-state index contributed by atoms with van der Waals surface area (Å²) in [7, 11) is 0. The molecule has 3 rings (SSSR count). The Balaban J connectivity index is 1.61. The Morgan fingerprint density at radius 3 is 3.08 bits per heavy atom. The second-order valence-electron chi connectivity index (χ2n) is 6.45. The quantitative estimate of drug-likeness (QED) is 0.849. The predicted molar refractivity (Wildman–Crippen MR) is 91.7 cm³/mol. The SMILES string of the molecule is Cc1cc([C@@H]2CCCN(Cc3cccc(OCC(N)=O)c3)C2)n[nH]1. The van der Waals surface area contributed by atoms with E-state index in [2.05, 4.69) is 27.2 Å². The van der Waals surface area contributed by atoms with Crippen molar-refractivity contribution in [1.82, 2.24) is 15.1 Å². The molecule has 0 aliphatic carbocycles. The zero-order chi connectivity index (χ0) is 16.9. The highest BCUT2D eigenvalue weighted by atomic mass is 16.5. The third-order valence-corrected chi connectivity index (χ3v) is 4.34. The highest BCUT2D eigenvalue weighted by Crippen LogP contribution is 2.27. The van der Waals surface area contributed by atoms with Gasteiger partial charge in [-0.3, -0.25) is 14.8 Å². The highest BCUT2D eigenvalue weighted by molar-refractivity contribution is 5.75. The molecule has 0 radical (unpaired) electrons. The number of H-pyrrole nitrogens is 1. The van der Waals surface area contributed by atoms with Gasteiger partial charge in [0.1, 0.15) is 5.75 Å². The van der Waals surface area contributed by atoms with Crippen LogP contribution in [0.2, 0.25) is 0 Å². The molecule has 6 heteroatoms. The Hall–Kier alpha value is -2.34. The number of amides is 1. The Labute approximate surface area is 142 Å². The Morgan fingerprint density at radius 1 is 1.46 bits per heavy atom. The molecule has 0 saturated carbocycles. The number of likely N-dealkylation sites (tertiary alicyclic amines) is 1. The molecular formula is C18H24N4O2. The van der Waals surface area contributed by atoms with Gasteiger partial charge in [-0.15, -0.1) is 0 Å². The molecule has 1 amide bonds. The fourth-order valence-electron chi connectivity index (χ4n) is 3.24. The molecule has 1 fully saturated rings. The molecule has 3 N–H and O–H groups in total. The average Bonchev–Trinajstić information content (AvgIpc) is 3.00. The number of hydrogen-bond acceptors (Lipinski definition) is 4. The minimum Gasteiger partial charge on any atom is -0.484 e. The number of benzene rings is 1. The number of piperidine rings is 1. The number of rotatable bonds is 6. The Bertz CT molecular complexity index is 698. The number of hydrogen-bond donors (Lipinski definition) is 2. The van der Waals surface area contributed by atoms with Gasteiger partial charge in [0.2, 0.25) is 0 Å². The van der Waals surface area contributed by atoms with Crippen LogP contribution in [0.3, 0.4) is 0 Å². The first-order valence-corrected chi connectivity index (χ1v) is 8.34. The smallest absolute Gasteiger partial charge is 0.255 e. The zero-order valence-electron chi connectivity index (χ0n) is 14.0. The van der Waals surface area contributed by atoms with E-state index in [0.717, 1.165) is 31.0 Å². The van der Waals surface area contributed by atoms with Crippen LogP contribution < -0.4 is 10.5 Å². The van der Waals surface area contributed by atoms with Crippen LogP contribution in [0.1, 0.15) is 35.7 Å². The van der Waals surface area contributed by atoms with Crippen LogP contribution in [0.4, 0.5) is 0 Å². The van der Waals surface area contributed by atoms with Crippen molar-refractivity contribution in [2.24, 2.45) is 5.73 Å². The molecule has 0 unspecified atom stereocenters. The minimum atomic E-state index is -0.464. The molecule has 2 aromatic rings. The maximum atomic E-state index is 10.8. The van der Waals surface area contributed by atoms with E-state index < -0.39 is 5.91 Å². The molecule has 1 aromatic carbocycles. The number of nitrogens with one attached hydrogen (secondary N) is 1. The fourth-order valence-corrected chi connectivity index (χ4v) is 3.24. The summed E-state index contributed by atoms with van der Waals surface area (Å²) in [4.78, 5) is 13.3. The van der Waals surface area contributed by atoms with Crippen molar-refractivity contribution < 1.29 is 9.53 Å². The topological polar surface area (TPSA) is 84.2 Å². The van der Waals surface area contributed by atoms with E-state index in [1.165, 1.54) is 18.4 Å². The lowest BCUT2D eigenvalue weighted by Crippen LogP contribution is -2.34. The monoisotopic (exact) mass is 328 g/mol. The minimum absolute atomic E-state index is 0.0895. The second-order valence-corrected chi connectivity index (χ2v) is 6.45. The molecular weight excluding hydrogens is 304 g/mol. The molecule has 2 heterocycles. The normalized spacial score (nSPS) is 18.5. The fraction of sp³-hybridized carbons (Fsp3) is 0.444. The lowest BCUT2D eigenvalue weighted by Gasteiger charge is -2.32. The first kappa shape index (κ1) is 16.5. The van der Waals surface area contributed by atoms with Crippen LogP contribution in [0.5, 0.6) is 5.75 Å². The van der Waals surface area contributed by atoms with Gasteiger partial charge in [-0.1, -0.05) is 12.1 Å². The van der Waals surface area contributed by atoms with E-state index in [-0.39, 0.29) is 6.61 Å². The van der Waals surface area contributed by atoms with Crippen LogP contribution in [0.15, 0.2) is 30.3 Å². The summed E-state index contributed by atoms with van der Waals surface area (Å²) >= 11 is 0. The molecule has 1 atom stereocenters. The summed E-state index contributed by atoms with van der Waals surface area (Å²) in [6.45, 7) is 4.92. The molecule has 0 spiro atoms. The first-order chi connectivity index (χ1) is 11.6. The Kier molecular flexibility index (Phi) is 5.15. The van der Waals surface area contributed by atoms with Crippen LogP contribution >= 0.6 is 0 Å². The highest BCUT2D eigenvalue weighted by Gasteiger charge is 2.23. The standard InChI is InChI=1S/C18H24N4O2/c1-13-8-17(21-20-13)15-5-3-7-22(11-15)10-14-4-2-6-16(9-14)24-12-18(19)23/h2,4,6,8-9,15H,3,5,7,10-12H2,1H3,(H2,19,23)(H,20,21)/t15-/m1/s1. The van der Waals surface area contributed by atoms with Crippen LogP contribution in [0.25, 0.3) is 0 Å². The summed E-state index contributed by atoms with van der Waals surface area (Å²) < 4.78 is 5.38. The van der Waals surface area contributed by atoms with E-state index in [9.17, 15) is 4.79 Å². The molecule has 128 valence electrons. The van der Waals surface area contributed by atoms with Gasteiger partial charge in [-0.2, -0.15) is 5.10 Å². The van der Waals surface area contributed by atoms with Crippen molar-refractivity contribution in [3.8, 4) is 5.75 Å². The Morgan fingerprint density at radius 2 is 2.33 bits per heavy atom. The molecule has 0 bridgehead atoms. The number of primary amides is 1. The largest absolute Gasteiger partial charge is 0.484 e. The second kappa shape index (κ2) is 7.49. The maximum absolute atomic E-state index is 10.8. The van der Waals surface area contributed by atoms with Crippen molar-refractivity contribution in [2.75, 3.05) is 19.7 Å². The van der Waals surface area contributed by atoms with E-state index in [1.54, 1.807) is 0 Å².